The number of nitro benzene ring substituents is 1. The topological polar surface area (TPSA) is 55.2 Å². The van der Waals surface area contributed by atoms with Crippen LogP contribution < -0.4 is 5.32 Å². The molecule has 104 valence electrons. The zero-order chi connectivity index (χ0) is 14.7. The highest BCUT2D eigenvalue weighted by atomic mass is 16.6. The minimum absolute atomic E-state index is 0.121. The smallest absolute Gasteiger partial charge is 0.292 e. The molecule has 0 spiro atoms. The molecular formula is C16H18N2O2. The van der Waals surface area contributed by atoms with Gasteiger partial charge in [0.05, 0.1) is 4.92 Å². The van der Waals surface area contributed by atoms with Gasteiger partial charge >= 0.3 is 0 Å². The number of aryl methyl sites for hydroxylation is 3. The molecule has 2 aromatic rings. The van der Waals surface area contributed by atoms with Gasteiger partial charge in [0.1, 0.15) is 5.69 Å². The lowest BCUT2D eigenvalue weighted by atomic mass is 10.1. The molecule has 4 nitrogen and oxygen atoms in total. The van der Waals surface area contributed by atoms with E-state index in [1.54, 1.807) is 12.1 Å². The molecule has 0 radical (unpaired) electrons. The van der Waals surface area contributed by atoms with Crippen molar-refractivity contribution >= 4 is 11.4 Å². The first-order valence-electron chi connectivity index (χ1n) is 6.52. The van der Waals surface area contributed by atoms with Crippen LogP contribution in [-0.4, -0.2) is 4.92 Å². The van der Waals surface area contributed by atoms with Crippen molar-refractivity contribution in [2.24, 2.45) is 0 Å². The van der Waals surface area contributed by atoms with Crippen molar-refractivity contribution in [3.05, 3.63) is 68.8 Å². The maximum atomic E-state index is 11.1. The Morgan fingerprint density at radius 3 is 2.40 bits per heavy atom. The Kier molecular flexibility index (Phi) is 4.03. The average Bonchev–Trinajstić information content (AvgIpc) is 2.40. The summed E-state index contributed by atoms with van der Waals surface area (Å²) in [6, 6.07) is 11.5. The molecule has 4 heteroatoms. The Morgan fingerprint density at radius 2 is 1.70 bits per heavy atom. The Labute approximate surface area is 118 Å². The second-order valence-electron chi connectivity index (χ2n) is 5.06. The third kappa shape index (κ3) is 3.15. The summed E-state index contributed by atoms with van der Waals surface area (Å²) in [6.07, 6.45) is 0. The zero-order valence-electron chi connectivity index (χ0n) is 11.9. The number of nitro groups is 1. The predicted molar refractivity (Wildman–Crippen MR) is 81.1 cm³/mol. The van der Waals surface area contributed by atoms with Crippen LogP contribution in [0.4, 0.5) is 11.4 Å². The molecule has 2 rings (SSSR count). The van der Waals surface area contributed by atoms with Crippen molar-refractivity contribution in [2.45, 2.75) is 27.3 Å². The molecule has 0 aliphatic rings. The largest absolute Gasteiger partial charge is 0.375 e. The standard InChI is InChI=1S/C16H18N2O2/c1-11-4-6-13(3)14(8-11)10-17-15-7-5-12(2)9-16(15)18(19)20/h4-9,17H,10H2,1-3H3. The molecule has 20 heavy (non-hydrogen) atoms. The van der Waals surface area contributed by atoms with Crippen LogP contribution >= 0.6 is 0 Å². The van der Waals surface area contributed by atoms with Gasteiger partial charge in [-0.3, -0.25) is 10.1 Å². The van der Waals surface area contributed by atoms with Crippen LogP contribution in [0, 0.1) is 30.9 Å². The number of hydrogen-bond acceptors (Lipinski definition) is 3. The molecule has 0 atom stereocenters. The monoisotopic (exact) mass is 270 g/mol. The van der Waals surface area contributed by atoms with Gasteiger partial charge in [-0.25, -0.2) is 0 Å². The van der Waals surface area contributed by atoms with Gasteiger partial charge in [0.15, 0.2) is 0 Å². The number of hydrogen-bond donors (Lipinski definition) is 1. The summed E-state index contributed by atoms with van der Waals surface area (Å²) in [4.78, 5) is 10.7. The van der Waals surface area contributed by atoms with Crippen LogP contribution in [0.2, 0.25) is 0 Å². The van der Waals surface area contributed by atoms with Gasteiger partial charge in [-0.15, -0.1) is 0 Å². The van der Waals surface area contributed by atoms with E-state index in [9.17, 15) is 10.1 Å². The molecule has 1 N–H and O–H groups in total. The Morgan fingerprint density at radius 1 is 1.05 bits per heavy atom. The lowest BCUT2D eigenvalue weighted by Gasteiger charge is -2.10. The first kappa shape index (κ1) is 14.1. The predicted octanol–water partition coefficient (Wildman–Crippen LogP) is 4.13. The Balaban J connectivity index is 2.23. The van der Waals surface area contributed by atoms with Gasteiger partial charge in [-0.1, -0.05) is 29.8 Å². The number of nitrogens with zero attached hydrogens (tertiary/aromatic N) is 1. The number of nitrogens with one attached hydrogen (secondary N) is 1. The van der Waals surface area contributed by atoms with Crippen molar-refractivity contribution in [1.29, 1.82) is 0 Å². The van der Waals surface area contributed by atoms with Gasteiger partial charge in [0.25, 0.3) is 5.69 Å². The molecule has 0 amide bonds. The van der Waals surface area contributed by atoms with Crippen molar-refractivity contribution < 1.29 is 4.92 Å². The van der Waals surface area contributed by atoms with Gasteiger partial charge in [-0.2, -0.15) is 0 Å². The highest BCUT2D eigenvalue weighted by Crippen LogP contribution is 2.26. The molecule has 0 saturated heterocycles. The molecule has 0 aromatic heterocycles. The quantitative estimate of drug-likeness (QED) is 0.671. The molecule has 0 aliphatic heterocycles. The molecule has 0 bridgehead atoms. The molecule has 2 aromatic carbocycles. The number of anilines is 1. The van der Waals surface area contributed by atoms with Gasteiger partial charge in [0.2, 0.25) is 0 Å². The summed E-state index contributed by atoms with van der Waals surface area (Å²) in [6.45, 7) is 6.51. The first-order valence-corrected chi connectivity index (χ1v) is 6.52. The van der Waals surface area contributed by atoms with Gasteiger partial charge < -0.3 is 5.32 Å². The van der Waals surface area contributed by atoms with Crippen LogP contribution in [0.5, 0.6) is 0 Å². The highest BCUT2D eigenvalue weighted by Gasteiger charge is 2.13. The second kappa shape index (κ2) is 5.74. The van der Waals surface area contributed by atoms with Crippen LogP contribution in [0.15, 0.2) is 36.4 Å². The summed E-state index contributed by atoms with van der Waals surface area (Å²) in [7, 11) is 0. The third-order valence-electron chi connectivity index (χ3n) is 3.32. The minimum atomic E-state index is -0.349. The van der Waals surface area contributed by atoms with E-state index < -0.39 is 0 Å². The average molecular weight is 270 g/mol. The molecule has 0 heterocycles. The maximum Gasteiger partial charge on any atom is 0.292 e. The number of benzene rings is 2. The summed E-state index contributed by atoms with van der Waals surface area (Å²) < 4.78 is 0. The first-order chi connectivity index (χ1) is 9.47. The molecule has 0 aliphatic carbocycles. The van der Waals surface area contributed by atoms with Crippen LogP contribution in [-0.2, 0) is 6.54 Å². The summed E-state index contributed by atoms with van der Waals surface area (Å²) in [5.41, 5.74) is 5.08. The van der Waals surface area contributed by atoms with Crippen LogP contribution in [0.1, 0.15) is 22.3 Å². The zero-order valence-corrected chi connectivity index (χ0v) is 11.9. The van der Waals surface area contributed by atoms with Crippen LogP contribution in [0.25, 0.3) is 0 Å². The van der Waals surface area contributed by atoms with Gasteiger partial charge in [-0.05, 0) is 43.5 Å². The van der Waals surface area contributed by atoms with E-state index in [-0.39, 0.29) is 10.6 Å². The van der Waals surface area contributed by atoms with Crippen LogP contribution in [0.3, 0.4) is 0 Å². The minimum Gasteiger partial charge on any atom is -0.375 e. The summed E-state index contributed by atoms with van der Waals surface area (Å²) >= 11 is 0. The molecular weight excluding hydrogens is 252 g/mol. The van der Waals surface area contributed by atoms with E-state index in [2.05, 4.69) is 23.5 Å². The highest BCUT2D eigenvalue weighted by molar-refractivity contribution is 5.62. The normalized spacial score (nSPS) is 10.3. The van der Waals surface area contributed by atoms with Crippen molar-refractivity contribution in [3.8, 4) is 0 Å². The fourth-order valence-electron chi connectivity index (χ4n) is 2.12. The van der Waals surface area contributed by atoms with Gasteiger partial charge in [0, 0.05) is 12.6 Å². The van der Waals surface area contributed by atoms with Crippen molar-refractivity contribution in [3.63, 3.8) is 0 Å². The summed E-state index contributed by atoms with van der Waals surface area (Å²) in [5, 5.41) is 14.2. The molecule has 0 saturated carbocycles. The van der Waals surface area contributed by atoms with E-state index in [4.69, 9.17) is 0 Å². The fourth-order valence-corrected chi connectivity index (χ4v) is 2.12. The third-order valence-corrected chi connectivity index (χ3v) is 3.32. The van der Waals surface area contributed by atoms with E-state index in [0.29, 0.717) is 12.2 Å². The maximum absolute atomic E-state index is 11.1. The van der Waals surface area contributed by atoms with E-state index in [1.165, 1.54) is 11.1 Å². The SMILES string of the molecule is Cc1ccc(C)c(CNc2ccc(C)cc2[N+](=O)[O-])c1. The lowest BCUT2D eigenvalue weighted by Crippen LogP contribution is -2.04. The van der Waals surface area contributed by atoms with E-state index in [0.717, 1.165) is 11.1 Å². The van der Waals surface area contributed by atoms with Crippen molar-refractivity contribution in [2.75, 3.05) is 5.32 Å². The molecule has 0 unspecified atom stereocenters. The number of rotatable bonds is 4. The lowest BCUT2D eigenvalue weighted by molar-refractivity contribution is -0.384. The van der Waals surface area contributed by atoms with E-state index in [1.807, 2.05) is 26.8 Å². The Bertz CT molecular complexity index is 651. The van der Waals surface area contributed by atoms with E-state index >= 15 is 0 Å². The second-order valence-corrected chi connectivity index (χ2v) is 5.06. The van der Waals surface area contributed by atoms with Crippen molar-refractivity contribution in [1.82, 2.24) is 0 Å². The molecule has 0 fully saturated rings. The fraction of sp³-hybridized carbons (Fsp3) is 0.250. The summed E-state index contributed by atoms with van der Waals surface area (Å²) in [5.74, 6) is 0. The Hall–Kier alpha value is -2.36.